The number of amides is 1. The molecule has 1 atom stereocenters. The summed E-state index contributed by atoms with van der Waals surface area (Å²) < 4.78 is 8.00. The first kappa shape index (κ1) is 21.2. The molecule has 3 aromatic rings. The van der Waals surface area contributed by atoms with Crippen molar-refractivity contribution in [2.45, 2.75) is 25.8 Å². The predicted molar refractivity (Wildman–Crippen MR) is 111 cm³/mol. The Morgan fingerprint density at radius 3 is 2.83 bits per heavy atom. The number of aryl methyl sites for hydroxylation is 1. The second-order valence-electron chi connectivity index (χ2n) is 6.91. The standard InChI is InChI=1S/C20H25N7O3/c1-13(6-5-9-21)27-11-14(10-22-27)15-7-4-8-16(23-15)19(28)24-17-12-26(2)25-18(17)20(29)30-3/h4,7-8,10-13H,5-6,9,21H2,1-3H3,(H,24,28). The lowest BCUT2D eigenvalue weighted by Crippen LogP contribution is -2.16. The van der Waals surface area contributed by atoms with Crippen molar-refractivity contribution in [3.05, 3.63) is 48.2 Å². The van der Waals surface area contributed by atoms with Gasteiger partial charge < -0.3 is 15.8 Å². The molecule has 0 radical (unpaired) electrons. The van der Waals surface area contributed by atoms with E-state index in [1.807, 2.05) is 16.9 Å². The SMILES string of the molecule is COC(=O)c1nn(C)cc1NC(=O)c1cccc(-c2cnn(C(C)CCCN)c2)n1. The number of carbonyl (C=O) groups excluding carboxylic acids is 2. The third-order valence-corrected chi connectivity index (χ3v) is 4.61. The maximum Gasteiger partial charge on any atom is 0.360 e. The van der Waals surface area contributed by atoms with Crippen LogP contribution in [-0.2, 0) is 11.8 Å². The zero-order chi connectivity index (χ0) is 21.7. The topological polar surface area (TPSA) is 130 Å². The summed E-state index contributed by atoms with van der Waals surface area (Å²) in [6.45, 7) is 2.72. The molecule has 0 saturated heterocycles. The molecule has 0 bridgehead atoms. The molecule has 0 saturated carbocycles. The van der Waals surface area contributed by atoms with Crippen LogP contribution in [0.4, 0.5) is 5.69 Å². The number of hydrogen-bond donors (Lipinski definition) is 2. The van der Waals surface area contributed by atoms with E-state index in [1.54, 1.807) is 25.4 Å². The second-order valence-corrected chi connectivity index (χ2v) is 6.91. The number of methoxy groups -OCH3 is 1. The van der Waals surface area contributed by atoms with Gasteiger partial charge >= 0.3 is 5.97 Å². The summed E-state index contributed by atoms with van der Waals surface area (Å²) in [6.07, 6.45) is 7.01. The molecule has 10 nitrogen and oxygen atoms in total. The second kappa shape index (κ2) is 9.31. The van der Waals surface area contributed by atoms with Gasteiger partial charge in [0.1, 0.15) is 5.69 Å². The Balaban J connectivity index is 1.78. The zero-order valence-corrected chi connectivity index (χ0v) is 17.2. The minimum atomic E-state index is -0.635. The van der Waals surface area contributed by atoms with Gasteiger partial charge in [-0.25, -0.2) is 9.78 Å². The van der Waals surface area contributed by atoms with Crippen molar-refractivity contribution >= 4 is 17.6 Å². The molecule has 30 heavy (non-hydrogen) atoms. The van der Waals surface area contributed by atoms with Crippen molar-refractivity contribution in [2.75, 3.05) is 19.0 Å². The molecule has 3 aromatic heterocycles. The Bertz CT molecular complexity index is 1040. The average Bonchev–Trinajstić information content (AvgIpc) is 3.38. The Morgan fingerprint density at radius 1 is 1.30 bits per heavy atom. The van der Waals surface area contributed by atoms with Crippen LogP contribution in [0, 0.1) is 0 Å². The third kappa shape index (κ3) is 4.71. The molecule has 158 valence electrons. The van der Waals surface area contributed by atoms with E-state index in [2.05, 4.69) is 27.4 Å². The van der Waals surface area contributed by atoms with Crippen molar-refractivity contribution in [3.63, 3.8) is 0 Å². The lowest BCUT2D eigenvalue weighted by Gasteiger charge is -2.10. The van der Waals surface area contributed by atoms with Crippen LogP contribution >= 0.6 is 0 Å². The molecule has 1 amide bonds. The van der Waals surface area contributed by atoms with Gasteiger partial charge in [-0.2, -0.15) is 10.2 Å². The molecule has 0 spiro atoms. The van der Waals surface area contributed by atoms with Crippen LogP contribution in [0.5, 0.6) is 0 Å². The molecule has 3 heterocycles. The van der Waals surface area contributed by atoms with E-state index in [-0.39, 0.29) is 23.1 Å². The fourth-order valence-corrected chi connectivity index (χ4v) is 2.99. The molecule has 0 aliphatic heterocycles. The minimum Gasteiger partial charge on any atom is -0.464 e. The maximum atomic E-state index is 12.7. The van der Waals surface area contributed by atoms with Crippen LogP contribution < -0.4 is 11.1 Å². The molecule has 0 aromatic carbocycles. The average molecular weight is 411 g/mol. The predicted octanol–water partition coefficient (Wildman–Crippen LogP) is 2.02. The van der Waals surface area contributed by atoms with E-state index < -0.39 is 11.9 Å². The van der Waals surface area contributed by atoms with E-state index >= 15 is 0 Å². The number of ether oxygens (including phenoxy) is 1. The highest BCUT2D eigenvalue weighted by molar-refractivity contribution is 6.06. The highest BCUT2D eigenvalue weighted by Gasteiger charge is 2.20. The lowest BCUT2D eigenvalue weighted by molar-refractivity contribution is 0.0594. The first-order valence-electron chi connectivity index (χ1n) is 9.58. The van der Waals surface area contributed by atoms with Crippen molar-refractivity contribution < 1.29 is 14.3 Å². The monoisotopic (exact) mass is 411 g/mol. The van der Waals surface area contributed by atoms with Gasteiger partial charge in [0.25, 0.3) is 5.91 Å². The van der Waals surface area contributed by atoms with E-state index in [0.717, 1.165) is 18.4 Å². The van der Waals surface area contributed by atoms with Crippen LogP contribution in [0.2, 0.25) is 0 Å². The van der Waals surface area contributed by atoms with Crippen LogP contribution in [0.15, 0.2) is 36.8 Å². The van der Waals surface area contributed by atoms with Crippen molar-refractivity contribution in [2.24, 2.45) is 12.8 Å². The number of rotatable bonds is 8. The molecule has 0 aliphatic rings. The number of aromatic nitrogens is 5. The molecule has 0 aliphatic carbocycles. The molecule has 10 heteroatoms. The van der Waals surface area contributed by atoms with Gasteiger partial charge in [-0.05, 0) is 38.4 Å². The van der Waals surface area contributed by atoms with Gasteiger partial charge in [0, 0.05) is 31.0 Å². The fraction of sp³-hybridized carbons (Fsp3) is 0.350. The Labute approximate surface area is 174 Å². The number of nitrogens with two attached hydrogens (primary N) is 1. The summed E-state index contributed by atoms with van der Waals surface area (Å²) in [5, 5.41) is 11.1. The van der Waals surface area contributed by atoms with Gasteiger partial charge in [-0.15, -0.1) is 0 Å². The molecule has 3 rings (SSSR count). The smallest absolute Gasteiger partial charge is 0.360 e. The molecule has 0 fully saturated rings. The van der Waals surface area contributed by atoms with Gasteiger partial charge in [0.15, 0.2) is 5.69 Å². The van der Waals surface area contributed by atoms with Crippen LogP contribution in [0.25, 0.3) is 11.3 Å². The number of carbonyl (C=O) groups is 2. The number of hydrogen-bond acceptors (Lipinski definition) is 7. The van der Waals surface area contributed by atoms with E-state index in [4.69, 9.17) is 10.5 Å². The van der Waals surface area contributed by atoms with Gasteiger partial charge in [-0.1, -0.05) is 6.07 Å². The van der Waals surface area contributed by atoms with E-state index in [1.165, 1.54) is 18.0 Å². The summed E-state index contributed by atoms with van der Waals surface area (Å²) in [5.41, 5.74) is 7.49. The highest BCUT2D eigenvalue weighted by atomic mass is 16.5. The summed E-state index contributed by atoms with van der Waals surface area (Å²) in [4.78, 5) is 29.0. The summed E-state index contributed by atoms with van der Waals surface area (Å²) >= 11 is 0. The third-order valence-electron chi connectivity index (χ3n) is 4.61. The first-order chi connectivity index (χ1) is 14.4. The number of nitrogens with zero attached hydrogens (tertiary/aromatic N) is 5. The molecule has 3 N–H and O–H groups in total. The van der Waals surface area contributed by atoms with Gasteiger partial charge in [-0.3, -0.25) is 14.2 Å². The Kier molecular flexibility index (Phi) is 6.58. The summed E-state index contributed by atoms with van der Waals surface area (Å²) in [5.74, 6) is -1.09. The normalized spacial score (nSPS) is 11.9. The molecular weight excluding hydrogens is 386 g/mol. The van der Waals surface area contributed by atoms with Crippen molar-refractivity contribution in [3.8, 4) is 11.3 Å². The van der Waals surface area contributed by atoms with E-state index in [9.17, 15) is 9.59 Å². The summed E-state index contributed by atoms with van der Waals surface area (Å²) in [6, 6.07) is 5.38. The van der Waals surface area contributed by atoms with Crippen molar-refractivity contribution in [1.82, 2.24) is 24.5 Å². The van der Waals surface area contributed by atoms with Crippen LogP contribution in [-0.4, -0.2) is 50.1 Å². The highest BCUT2D eigenvalue weighted by Crippen LogP contribution is 2.21. The largest absolute Gasteiger partial charge is 0.464 e. The number of pyridine rings is 1. The number of anilines is 1. The maximum absolute atomic E-state index is 12.7. The van der Waals surface area contributed by atoms with E-state index in [0.29, 0.717) is 12.2 Å². The first-order valence-corrected chi connectivity index (χ1v) is 9.58. The van der Waals surface area contributed by atoms with Crippen LogP contribution in [0.1, 0.15) is 46.8 Å². The molecular formula is C20H25N7O3. The Morgan fingerprint density at radius 2 is 2.10 bits per heavy atom. The number of nitrogens with one attached hydrogen (secondary N) is 1. The van der Waals surface area contributed by atoms with Crippen molar-refractivity contribution in [1.29, 1.82) is 0 Å². The fourth-order valence-electron chi connectivity index (χ4n) is 2.99. The minimum absolute atomic E-state index is 0.0252. The van der Waals surface area contributed by atoms with Crippen LogP contribution in [0.3, 0.4) is 0 Å². The summed E-state index contributed by atoms with van der Waals surface area (Å²) in [7, 11) is 2.90. The van der Waals surface area contributed by atoms with Gasteiger partial charge in [0.05, 0.1) is 24.7 Å². The van der Waals surface area contributed by atoms with Gasteiger partial charge in [0.2, 0.25) is 0 Å². The molecule has 1 unspecified atom stereocenters. The number of esters is 1. The quantitative estimate of drug-likeness (QED) is 0.542. The zero-order valence-electron chi connectivity index (χ0n) is 17.2. The lowest BCUT2D eigenvalue weighted by atomic mass is 10.2. The Hall–Kier alpha value is -3.53.